The summed E-state index contributed by atoms with van der Waals surface area (Å²) in [4.78, 5) is 1.46. The molecule has 1 aliphatic rings. The monoisotopic (exact) mass is 277 g/mol. The molecule has 1 N–H and O–H groups in total. The molecule has 1 aromatic carbocycles. The lowest BCUT2D eigenvalue weighted by molar-refractivity contribution is 0.379. The smallest absolute Gasteiger partial charge is 0.0367 e. The number of thioether (sulfide) groups is 1. The summed E-state index contributed by atoms with van der Waals surface area (Å²) in [5, 5.41) is 4.36. The second-order valence-electron chi connectivity index (χ2n) is 6.72. The van der Waals surface area contributed by atoms with Crippen LogP contribution in [0.2, 0.25) is 0 Å². The molecule has 0 bridgehead atoms. The van der Waals surface area contributed by atoms with Gasteiger partial charge in [-0.05, 0) is 35.1 Å². The average Bonchev–Trinajstić information content (AvgIpc) is 2.33. The number of nitrogens with one attached hydrogen (secondary N) is 1. The maximum absolute atomic E-state index is 3.69. The van der Waals surface area contributed by atoms with E-state index in [0.29, 0.717) is 17.2 Å². The molecule has 0 saturated heterocycles. The van der Waals surface area contributed by atoms with Crippen molar-refractivity contribution < 1.29 is 0 Å². The second kappa shape index (κ2) is 5.49. The van der Waals surface area contributed by atoms with Crippen molar-refractivity contribution in [2.45, 2.75) is 63.1 Å². The summed E-state index contributed by atoms with van der Waals surface area (Å²) in [6.45, 7) is 14.8. The van der Waals surface area contributed by atoms with Gasteiger partial charge in [-0.2, -0.15) is 0 Å². The number of rotatable bonds is 2. The van der Waals surface area contributed by atoms with Gasteiger partial charge in [0.25, 0.3) is 0 Å². The zero-order valence-electron chi connectivity index (χ0n) is 13.1. The van der Waals surface area contributed by atoms with E-state index in [1.165, 1.54) is 16.0 Å². The zero-order valence-corrected chi connectivity index (χ0v) is 13.9. The molecule has 0 aliphatic carbocycles. The van der Waals surface area contributed by atoms with Gasteiger partial charge in [-0.1, -0.05) is 53.7 Å². The third-order valence-corrected chi connectivity index (χ3v) is 5.64. The van der Waals surface area contributed by atoms with Crippen molar-refractivity contribution in [2.75, 3.05) is 6.54 Å². The predicted molar refractivity (Wildman–Crippen MR) is 86.0 cm³/mol. The van der Waals surface area contributed by atoms with Crippen LogP contribution in [-0.4, -0.2) is 11.8 Å². The third kappa shape index (κ3) is 3.00. The summed E-state index contributed by atoms with van der Waals surface area (Å²) >= 11 is 2.03. The van der Waals surface area contributed by atoms with Crippen molar-refractivity contribution in [3.05, 3.63) is 29.3 Å². The predicted octanol–water partition coefficient (Wildman–Crippen LogP) is 4.77. The van der Waals surface area contributed by atoms with Gasteiger partial charge in [0, 0.05) is 16.2 Å². The van der Waals surface area contributed by atoms with E-state index in [9.17, 15) is 0 Å². The Bertz CT molecular complexity index is 447. The molecule has 2 rings (SSSR count). The van der Waals surface area contributed by atoms with E-state index in [1.54, 1.807) is 0 Å². The van der Waals surface area contributed by atoms with Crippen LogP contribution in [0.25, 0.3) is 0 Å². The first-order valence-corrected chi connectivity index (χ1v) is 8.27. The molecular weight excluding hydrogens is 250 g/mol. The molecule has 2 heteroatoms. The summed E-state index contributed by atoms with van der Waals surface area (Å²) in [6.07, 6.45) is 0. The first-order chi connectivity index (χ1) is 8.84. The minimum atomic E-state index is 0.225. The van der Waals surface area contributed by atoms with Crippen LogP contribution in [0.4, 0.5) is 0 Å². The molecule has 3 unspecified atom stereocenters. The van der Waals surface area contributed by atoms with E-state index in [-0.39, 0.29) is 5.41 Å². The molecule has 3 atom stereocenters. The molecule has 0 spiro atoms. The Labute approximate surface area is 122 Å². The van der Waals surface area contributed by atoms with Gasteiger partial charge in [0.05, 0.1) is 0 Å². The molecule has 19 heavy (non-hydrogen) atoms. The quantitative estimate of drug-likeness (QED) is 0.836. The fourth-order valence-corrected chi connectivity index (χ4v) is 3.98. The van der Waals surface area contributed by atoms with Gasteiger partial charge in [-0.25, -0.2) is 0 Å². The average molecular weight is 277 g/mol. The van der Waals surface area contributed by atoms with Gasteiger partial charge >= 0.3 is 0 Å². The first-order valence-electron chi connectivity index (χ1n) is 7.39. The fourth-order valence-electron chi connectivity index (χ4n) is 2.74. The molecule has 1 nitrogen and oxygen atoms in total. The minimum absolute atomic E-state index is 0.225. The topological polar surface area (TPSA) is 12.0 Å². The number of fused-ring (bicyclic) bond motifs is 1. The standard InChI is InChI=1S/C17H27NS/c1-7-18-16-11(2)12(3)19-15-9-8-13(10-14(15)16)17(4,5)6/h8-12,16,18H,7H2,1-6H3. The van der Waals surface area contributed by atoms with Crippen LogP contribution < -0.4 is 5.32 Å². The van der Waals surface area contributed by atoms with Crippen molar-refractivity contribution in [1.82, 2.24) is 5.32 Å². The van der Waals surface area contributed by atoms with Gasteiger partial charge in [0.15, 0.2) is 0 Å². The van der Waals surface area contributed by atoms with Gasteiger partial charge < -0.3 is 5.32 Å². The van der Waals surface area contributed by atoms with Crippen LogP contribution in [0.3, 0.4) is 0 Å². The van der Waals surface area contributed by atoms with Gasteiger partial charge in [-0.15, -0.1) is 11.8 Å². The molecule has 0 fully saturated rings. The molecule has 0 aromatic heterocycles. The highest BCUT2D eigenvalue weighted by molar-refractivity contribution is 8.00. The number of benzene rings is 1. The van der Waals surface area contributed by atoms with E-state index in [0.717, 1.165) is 6.54 Å². The van der Waals surface area contributed by atoms with Crippen LogP contribution >= 0.6 is 11.8 Å². The maximum Gasteiger partial charge on any atom is 0.0367 e. The Hall–Kier alpha value is -0.470. The molecule has 1 aliphatic heterocycles. The molecule has 0 amide bonds. The van der Waals surface area contributed by atoms with Crippen LogP contribution in [0.1, 0.15) is 58.7 Å². The Morgan fingerprint density at radius 1 is 1.21 bits per heavy atom. The molecule has 0 radical (unpaired) electrons. The lowest BCUT2D eigenvalue weighted by atomic mass is 9.83. The zero-order chi connectivity index (χ0) is 14.2. The van der Waals surface area contributed by atoms with E-state index < -0.39 is 0 Å². The van der Waals surface area contributed by atoms with Crippen LogP contribution in [0.15, 0.2) is 23.1 Å². The highest BCUT2D eigenvalue weighted by Crippen LogP contribution is 2.45. The summed E-state index contributed by atoms with van der Waals surface area (Å²) in [5.41, 5.74) is 3.17. The van der Waals surface area contributed by atoms with Crippen molar-refractivity contribution >= 4 is 11.8 Å². The Balaban J connectivity index is 2.45. The highest BCUT2D eigenvalue weighted by atomic mass is 32.2. The molecule has 1 heterocycles. The lowest BCUT2D eigenvalue weighted by Crippen LogP contribution is -2.34. The van der Waals surface area contributed by atoms with Crippen molar-refractivity contribution in [1.29, 1.82) is 0 Å². The summed E-state index contributed by atoms with van der Waals surface area (Å²) in [6, 6.07) is 7.56. The Kier molecular flexibility index (Phi) is 4.32. The Morgan fingerprint density at radius 2 is 1.89 bits per heavy atom. The Morgan fingerprint density at radius 3 is 2.47 bits per heavy atom. The number of hydrogen-bond donors (Lipinski definition) is 1. The fraction of sp³-hybridized carbons (Fsp3) is 0.647. The second-order valence-corrected chi connectivity index (χ2v) is 8.14. The van der Waals surface area contributed by atoms with E-state index in [2.05, 4.69) is 65.1 Å². The van der Waals surface area contributed by atoms with E-state index in [4.69, 9.17) is 0 Å². The van der Waals surface area contributed by atoms with Crippen molar-refractivity contribution in [3.63, 3.8) is 0 Å². The first kappa shape index (κ1) is 14.9. The normalized spacial score (nSPS) is 27.2. The van der Waals surface area contributed by atoms with Gasteiger partial charge in [-0.3, -0.25) is 0 Å². The van der Waals surface area contributed by atoms with Crippen molar-refractivity contribution in [2.24, 2.45) is 5.92 Å². The highest BCUT2D eigenvalue weighted by Gasteiger charge is 2.32. The van der Waals surface area contributed by atoms with Crippen LogP contribution in [0.5, 0.6) is 0 Å². The van der Waals surface area contributed by atoms with E-state index in [1.807, 2.05) is 11.8 Å². The van der Waals surface area contributed by atoms with E-state index >= 15 is 0 Å². The third-order valence-electron chi connectivity index (χ3n) is 4.21. The lowest BCUT2D eigenvalue weighted by Gasteiger charge is -2.37. The number of hydrogen-bond acceptors (Lipinski definition) is 2. The summed E-state index contributed by atoms with van der Waals surface area (Å²) < 4.78 is 0. The van der Waals surface area contributed by atoms with Gasteiger partial charge in [0.2, 0.25) is 0 Å². The molecule has 0 saturated carbocycles. The van der Waals surface area contributed by atoms with Crippen LogP contribution in [-0.2, 0) is 5.41 Å². The van der Waals surface area contributed by atoms with Crippen LogP contribution in [0, 0.1) is 5.92 Å². The molecule has 1 aromatic rings. The molecular formula is C17H27NS. The summed E-state index contributed by atoms with van der Waals surface area (Å²) in [5.74, 6) is 0.674. The minimum Gasteiger partial charge on any atom is -0.310 e. The van der Waals surface area contributed by atoms with Gasteiger partial charge in [0.1, 0.15) is 0 Å². The molecule has 106 valence electrons. The SMILES string of the molecule is CCNC1c2cc(C(C)(C)C)ccc2SC(C)C1C. The van der Waals surface area contributed by atoms with Crippen molar-refractivity contribution in [3.8, 4) is 0 Å². The summed E-state index contributed by atoms with van der Waals surface area (Å²) in [7, 11) is 0. The maximum atomic E-state index is 3.69. The largest absolute Gasteiger partial charge is 0.310 e.